The molecule has 0 radical (unpaired) electrons. The Labute approximate surface area is 120 Å². The molecule has 0 spiro atoms. The minimum atomic E-state index is -4.12. The molecule has 0 saturated heterocycles. The molecular formula is C13H14Cl2F3N. The Bertz CT molecular complexity index is 428. The van der Waals surface area contributed by atoms with Crippen molar-refractivity contribution in [1.82, 2.24) is 0 Å². The van der Waals surface area contributed by atoms with Crippen molar-refractivity contribution in [3.05, 3.63) is 28.2 Å². The predicted octanol–water partition coefficient (Wildman–Crippen LogP) is 5.53. The molecule has 0 aromatic heterocycles. The molecule has 0 aliphatic heterocycles. The number of hydrogen-bond acceptors (Lipinski definition) is 1. The molecule has 1 saturated carbocycles. The van der Waals surface area contributed by atoms with Crippen LogP contribution >= 0.6 is 23.2 Å². The number of hydrogen-bond donors (Lipinski definition) is 1. The second-order valence-electron chi connectivity index (χ2n) is 4.84. The van der Waals surface area contributed by atoms with E-state index < -0.39 is 12.1 Å². The lowest BCUT2D eigenvalue weighted by Gasteiger charge is -2.32. The van der Waals surface area contributed by atoms with Gasteiger partial charge in [0.2, 0.25) is 0 Å². The molecule has 1 aliphatic rings. The van der Waals surface area contributed by atoms with Gasteiger partial charge in [-0.3, -0.25) is 0 Å². The van der Waals surface area contributed by atoms with Gasteiger partial charge >= 0.3 is 6.18 Å². The topological polar surface area (TPSA) is 12.0 Å². The molecule has 0 amide bonds. The Balaban J connectivity index is 2.07. The number of rotatable bonds is 2. The summed E-state index contributed by atoms with van der Waals surface area (Å²) >= 11 is 12.0. The molecular weight excluding hydrogens is 298 g/mol. The summed E-state index contributed by atoms with van der Waals surface area (Å²) < 4.78 is 38.2. The maximum Gasteiger partial charge on any atom is 0.391 e. The summed E-state index contributed by atoms with van der Waals surface area (Å²) in [5.74, 6) is -1.24. The fraction of sp³-hybridized carbons (Fsp3) is 0.538. The summed E-state index contributed by atoms with van der Waals surface area (Å²) in [5, 5.41) is 3.92. The molecule has 1 aromatic carbocycles. The molecule has 6 heteroatoms. The molecule has 2 atom stereocenters. The first kappa shape index (κ1) is 14.8. The largest absolute Gasteiger partial charge is 0.391 e. The zero-order valence-corrected chi connectivity index (χ0v) is 11.6. The minimum Gasteiger partial charge on any atom is -0.380 e. The Morgan fingerprint density at radius 1 is 1.11 bits per heavy atom. The van der Waals surface area contributed by atoms with Gasteiger partial charge in [-0.1, -0.05) is 35.7 Å². The van der Waals surface area contributed by atoms with E-state index in [0.717, 1.165) is 0 Å². The molecule has 1 nitrogen and oxygen atoms in total. The van der Waals surface area contributed by atoms with Crippen LogP contribution < -0.4 is 5.32 Å². The third-order valence-corrected chi connectivity index (χ3v) is 4.08. The van der Waals surface area contributed by atoms with E-state index in [1.54, 1.807) is 18.2 Å². The zero-order valence-electron chi connectivity index (χ0n) is 10.1. The first-order chi connectivity index (χ1) is 8.88. The van der Waals surface area contributed by atoms with Crippen molar-refractivity contribution in [2.45, 2.75) is 37.9 Å². The van der Waals surface area contributed by atoms with Gasteiger partial charge < -0.3 is 5.32 Å². The van der Waals surface area contributed by atoms with Crippen molar-refractivity contribution < 1.29 is 13.2 Å². The maximum absolute atomic E-state index is 12.7. The highest BCUT2D eigenvalue weighted by molar-refractivity contribution is 6.39. The summed E-state index contributed by atoms with van der Waals surface area (Å²) in [6.45, 7) is 0. The van der Waals surface area contributed by atoms with Gasteiger partial charge in [-0.2, -0.15) is 13.2 Å². The fourth-order valence-electron chi connectivity index (χ4n) is 2.46. The van der Waals surface area contributed by atoms with Crippen LogP contribution in [0, 0.1) is 5.92 Å². The number of halogens is 5. The average Bonchev–Trinajstić information content (AvgIpc) is 2.33. The number of para-hydroxylation sites is 1. The lowest BCUT2D eigenvalue weighted by atomic mass is 9.85. The van der Waals surface area contributed by atoms with Gasteiger partial charge in [-0.25, -0.2) is 0 Å². The highest BCUT2D eigenvalue weighted by Gasteiger charge is 2.42. The van der Waals surface area contributed by atoms with Crippen LogP contribution in [0.4, 0.5) is 18.9 Å². The van der Waals surface area contributed by atoms with E-state index in [1.165, 1.54) is 0 Å². The highest BCUT2D eigenvalue weighted by atomic mass is 35.5. The Kier molecular flexibility index (Phi) is 4.51. The molecule has 1 aliphatic carbocycles. The second kappa shape index (κ2) is 5.80. The first-order valence-electron chi connectivity index (χ1n) is 6.15. The van der Waals surface area contributed by atoms with Crippen molar-refractivity contribution >= 4 is 28.9 Å². The summed E-state index contributed by atoms with van der Waals surface area (Å²) in [4.78, 5) is 0. The van der Waals surface area contributed by atoms with Crippen molar-refractivity contribution in [3.63, 3.8) is 0 Å². The number of nitrogens with one attached hydrogen (secondary N) is 1. The maximum atomic E-state index is 12.7. The van der Waals surface area contributed by atoms with Crippen LogP contribution in [0.3, 0.4) is 0 Å². The summed E-state index contributed by atoms with van der Waals surface area (Å²) in [5.41, 5.74) is 0.527. The number of benzene rings is 1. The first-order valence-corrected chi connectivity index (χ1v) is 6.91. The Hall–Kier alpha value is -0.610. The van der Waals surface area contributed by atoms with Gasteiger partial charge in [0.25, 0.3) is 0 Å². The quantitative estimate of drug-likeness (QED) is 0.757. The molecule has 19 heavy (non-hydrogen) atoms. The van der Waals surface area contributed by atoms with Crippen LogP contribution in [0.2, 0.25) is 10.0 Å². The van der Waals surface area contributed by atoms with Crippen molar-refractivity contribution in [1.29, 1.82) is 0 Å². The van der Waals surface area contributed by atoms with Gasteiger partial charge in [0, 0.05) is 6.04 Å². The smallest absolute Gasteiger partial charge is 0.380 e. The van der Waals surface area contributed by atoms with Gasteiger partial charge in [0.05, 0.1) is 21.7 Å². The van der Waals surface area contributed by atoms with Gasteiger partial charge in [0.1, 0.15) is 0 Å². The molecule has 106 valence electrons. The summed E-state index contributed by atoms with van der Waals surface area (Å²) in [6.07, 6.45) is -2.58. The van der Waals surface area contributed by atoms with E-state index >= 15 is 0 Å². The van der Waals surface area contributed by atoms with Gasteiger partial charge in [-0.05, 0) is 31.4 Å². The van der Waals surface area contributed by atoms with E-state index in [-0.39, 0.29) is 18.9 Å². The van der Waals surface area contributed by atoms with Crippen molar-refractivity contribution in [2.75, 3.05) is 5.32 Å². The van der Waals surface area contributed by atoms with Crippen LogP contribution in [-0.2, 0) is 0 Å². The van der Waals surface area contributed by atoms with Crippen LogP contribution in [0.1, 0.15) is 25.7 Å². The molecule has 1 fully saturated rings. The van der Waals surface area contributed by atoms with Gasteiger partial charge in [-0.15, -0.1) is 0 Å². The highest BCUT2D eigenvalue weighted by Crippen LogP contribution is 2.39. The van der Waals surface area contributed by atoms with Crippen LogP contribution in [0.15, 0.2) is 18.2 Å². The second-order valence-corrected chi connectivity index (χ2v) is 5.66. The van der Waals surface area contributed by atoms with Crippen LogP contribution in [0.25, 0.3) is 0 Å². The molecule has 2 unspecified atom stereocenters. The van der Waals surface area contributed by atoms with Crippen molar-refractivity contribution in [3.8, 4) is 0 Å². The number of anilines is 1. The molecule has 1 aromatic rings. The monoisotopic (exact) mass is 311 g/mol. The minimum absolute atomic E-state index is 0.0745. The lowest BCUT2D eigenvalue weighted by Crippen LogP contribution is -2.34. The van der Waals surface area contributed by atoms with Crippen LogP contribution in [0.5, 0.6) is 0 Å². The molecule has 0 heterocycles. The lowest BCUT2D eigenvalue weighted by molar-refractivity contribution is -0.182. The number of alkyl halides is 3. The molecule has 0 bridgehead atoms. The molecule has 2 rings (SSSR count). The van der Waals surface area contributed by atoms with E-state index in [1.807, 2.05) is 0 Å². The van der Waals surface area contributed by atoms with Crippen LogP contribution in [-0.4, -0.2) is 12.2 Å². The van der Waals surface area contributed by atoms with Gasteiger partial charge in [0.15, 0.2) is 0 Å². The third kappa shape index (κ3) is 3.69. The average molecular weight is 312 g/mol. The Morgan fingerprint density at radius 3 is 2.32 bits per heavy atom. The predicted molar refractivity (Wildman–Crippen MR) is 71.9 cm³/mol. The third-order valence-electron chi connectivity index (χ3n) is 3.45. The normalized spacial score (nSPS) is 24.3. The van der Waals surface area contributed by atoms with E-state index in [0.29, 0.717) is 28.6 Å². The van der Waals surface area contributed by atoms with E-state index in [2.05, 4.69) is 5.32 Å². The summed E-state index contributed by atoms with van der Waals surface area (Å²) in [6, 6.07) is 4.80. The zero-order chi connectivity index (χ0) is 14.0. The fourth-order valence-corrected chi connectivity index (χ4v) is 2.96. The SMILES string of the molecule is FC(F)(F)C1CCCC(Nc2c(Cl)cccc2Cl)C1. The standard InChI is InChI=1S/C13H14Cl2F3N/c14-10-5-2-6-11(15)12(10)19-9-4-1-3-8(7-9)13(16,17)18/h2,5-6,8-9,19H,1,3-4,7H2. The van der Waals surface area contributed by atoms with E-state index in [9.17, 15) is 13.2 Å². The summed E-state index contributed by atoms with van der Waals surface area (Å²) in [7, 11) is 0. The van der Waals surface area contributed by atoms with Crippen molar-refractivity contribution in [2.24, 2.45) is 5.92 Å². The van der Waals surface area contributed by atoms with E-state index in [4.69, 9.17) is 23.2 Å². The Morgan fingerprint density at radius 2 is 1.74 bits per heavy atom. The molecule has 1 N–H and O–H groups in total.